The molecule has 0 spiro atoms. The topological polar surface area (TPSA) is 78.0 Å². The Morgan fingerprint density at radius 3 is 2.69 bits per heavy atom. The van der Waals surface area contributed by atoms with Gasteiger partial charge in [0.1, 0.15) is 0 Å². The molecule has 0 radical (unpaired) electrons. The fourth-order valence-corrected chi connectivity index (χ4v) is 3.61. The first-order chi connectivity index (χ1) is 14.2. The summed E-state index contributed by atoms with van der Waals surface area (Å²) in [5, 5.41) is 10.3. The molecule has 0 aromatic heterocycles. The summed E-state index contributed by atoms with van der Waals surface area (Å²) in [5.41, 5.74) is 1.16. The van der Waals surface area contributed by atoms with Gasteiger partial charge in [0.2, 0.25) is 5.91 Å². The Bertz CT molecular complexity index is 689. The predicted molar refractivity (Wildman–Crippen MR) is 116 cm³/mol. The van der Waals surface area contributed by atoms with Crippen LogP contribution in [-0.4, -0.2) is 69.2 Å². The van der Waals surface area contributed by atoms with E-state index in [-0.39, 0.29) is 17.9 Å². The molecule has 3 rings (SSSR count). The highest BCUT2D eigenvalue weighted by Crippen LogP contribution is 2.28. The van der Waals surface area contributed by atoms with Gasteiger partial charge in [0, 0.05) is 43.7 Å². The van der Waals surface area contributed by atoms with Crippen molar-refractivity contribution in [1.29, 1.82) is 0 Å². The summed E-state index contributed by atoms with van der Waals surface area (Å²) < 4.78 is 5.52. The van der Waals surface area contributed by atoms with Crippen LogP contribution in [0.15, 0.2) is 29.3 Å². The van der Waals surface area contributed by atoms with Crippen molar-refractivity contribution in [2.24, 2.45) is 10.9 Å². The van der Waals surface area contributed by atoms with Crippen molar-refractivity contribution >= 4 is 23.5 Å². The van der Waals surface area contributed by atoms with Gasteiger partial charge < -0.3 is 20.7 Å². The van der Waals surface area contributed by atoms with Crippen LogP contribution in [0.3, 0.4) is 0 Å². The molecule has 1 aromatic carbocycles. The first-order valence-electron chi connectivity index (χ1n) is 10.5. The Morgan fingerprint density at radius 2 is 2.00 bits per heavy atom. The molecule has 1 atom stereocenters. The van der Waals surface area contributed by atoms with Gasteiger partial charge in [0.15, 0.2) is 5.96 Å². The molecule has 7 nitrogen and oxygen atoms in total. The number of aliphatic imine (C=N–C) groups is 1. The molecule has 1 aromatic rings. The number of halogens is 1. The van der Waals surface area contributed by atoms with E-state index in [1.54, 1.807) is 0 Å². The zero-order valence-electron chi connectivity index (χ0n) is 17.1. The third-order valence-corrected chi connectivity index (χ3v) is 5.39. The normalized spacial score (nSPS) is 18.9. The number of ether oxygens (including phenoxy) is 1. The van der Waals surface area contributed by atoms with E-state index < -0.39 is 0 Å². The van der Waals surface area contributed by atoms with Crippen molar-refractivity contribution in [3.05, 3.63) is 34.9 Å². The molecule has 1 saturated heterocycles. The number of benzene rings is 1. The first-order valence-corrected chi connectivity index (χ1v) is 10.9. The van der Waals surface area contributed by atoms with Crippen LogP contribution < -0.4 is 16.0 Å². The van der Waals surface area contributed by atoms with Crippen LogP contribution in [0.25, 0.3) is 0 Å². The number of amides is 1. The standard InChI is InChI=1S/C21H32ClN5O2/c1-2-23-21(25-9-8-24-20(28)16-6-7-16)26-15-19(27-10-12-29-13-11-27)17-4-3-5-18(22)14-17/h3-5,14,16,19H,2,6-13,15H2,1H3,(H,24,28)(H2,23,25,26). The van der Waals surface area contributed by atoms with Gasteiger partial charge in [-0.2, -0.15) is 0 Å². The smallest absolute Gasteiger partial charge is 0.223 e. The first kappa shape index (κ1) is 21.9. The summed E-state index contributed by atoms with van der Waals surface area (Å²) in [6.45, 7) is 7.91. The number of guanidine groups is 1. The maximum atomic E-state index is 11.7. The monoisotopic (exact) mass is 421 g/mol. The van der Waals surface area contributed by atoms with Crippen LogP contribution in [0, 0.1) is 5.92 Å². The van der Waals surface area contributed by atoms with Gasteiger partial charge in [0.25, 0.3) is 0 Å². The molecule has 1 saturated carbocycles. The van der Waals surface area contributed by atoms with Crippen LogP contribution >= 0.6 is 11.6 Å². The quantitative estimate of drug-likeness (QED) is 0.322. The maximum Gasteiger partial charge on any atom is 0.223 e. The lowest BCUT2D eigenvalue weighted by Crippen LogP contribution is -2.43. The van der Waals surface area contributed by atoms with E-state index in [4.69, 9.17) is 21.3 Å². The molecule has 3 N–H and O–H groups in total. The molecule has 0 bridgehead atoms. The van der Waals surface area contributed by atoms with Gasteiger partial charge in [-0.3, -0.25) is 14.7 Å². The highest BCUT2D eigenvalue weighted by atomic mass is 35.5. The van der Waals surface area contributed by atoms with E-state index in [1.165, 1.54) is 0 Å². The number of hydrogen-bond acceptors (Lipinski definition) is 4. The van der Waals surface area contributed by atoms with Crippen molar-refractivity contribution in [3.63, 3.8) is 0 Å². The lowest BCUT2D eigenvalue weighted by atomic mass is 10.0. The fraction of sp³-hybridized carbons (Fsp3) is 0.619. The van der Waals surface area contributed by atoms with E-state index in [1.807, 2.05) is 25.1 Å². The van der Waals surface area contributed by atoms with E-state index in [0.29, 0.717) is 19.6 Å². The average molecular weight is 422 g/mol. The highest BCUT2D eigenvalue weighted by Gasteiger charge is 2.29. The van der Waals surface area contributed by atoms with Crippen LogP contribution in [0.1, 0.15) is 31.4 Å². The molecule has 1 aliphatic carbocycles. The van der Waals surface area contributed by atoms with Gasteiger partial charge in [-0.1, -0.05) is 23.7 Å². The second-order valence-corrected chi connectivity index (χ2v) is 7.87. The van der Waals surface area contributed by atoms with Gasteiger partial charge in [-0.25, -0.2) is 0 Å². The molecule has 1 heterocycles. The molecule has 1 amide bonds. The molecule has 8 heteroatoms. The van der Waals surface area contributed by atoms with Gasteiger partial charge in [-0.15, -0.1) is 0 Å². The third kappa shape index (κ3) is 7.17. The Labute approximate surface area is 178 Å². The Balaban J connectivity index is 1.59. The summed E-state index contributed by atoms with van der Waals surface area (Å²) in [6.07, 6.45) is 2.05. The number of carbonyl (C=O) groups excluding carboxylic acids is 1. The minimum absolute atomic E-state index is 0.141. The number of morpholine rings is 1. The number of carbonyl (C=O) groups is 1. The Kier molecular flexibility index (Phi) is 8.58. The molecule has 29 heavy (non-hydrogen) atoms. The molecular formula is C21H32ClN5O2. The largest absolute Gasteiger partial charge is 0.379 e. The lowest BCUT2D eigenvalue weighted by molar-refractivity contribution is -0.122. The Hall–Kier alpha value is -1.83. The number of nitrogens with zero attached hydrogens (tertiary/aromatic N) is 2. The molecule has 1 unspecified atom stereocenters. The summed E-state index contributed by atoms with van der Waals surface area (Å²) in [6, 6.07) is 8.15. The predicted octanol–water partition coefficient (Wildman–Crippen LogP) is 1.79. The second-order valence-electron chi connectivity index (χ2n) is 7.43. The van der Waals surface area contributed by atoms with Gasteiger partial charge in [0.05, 0.1) is 25.8 Å². The highest BCUT2D eigenvalue weighted by molar-refractivity contribution is 6.30. The lowest BCUT2D eigenvalue weighted by Gasteiger charge is -2.34. The SMILES string of the molecule is CCNC(=NCC(c1cccc(Cl)c1)N1CCOCC1)NCCNC(=O)C1CC1. The van der Waals surface area contributed by atoms with Crippen molar-refractivity contribution in [3.8, 4) is 0 Å². The summed E-state index contributed by atoms with van der Waals surface area (Å²) >= 11 is 6.24. The van der Waals surface area contributed by atoms with E-state index in [0.717, 1.165) is 62.2 Å². The molecule has 1 aliphatic heterocycles. The zero-order chi connectivity index (χ0) is 20.5. The fourth-order valence-electron chi connectivity index (χ4n) is 3.41. The van der Waals surface area contributed by atoms with E-state index >= 15 is 0 Å². The minimum atomic E-state index is 0.141. The van der Waals surface area contributed by atoms with Crippen molar-refractivity contribution in [2.45, 2.75) is 25.8 Å². The summed E-state index contributed by atoms with van der Waals surface area (Å²) in [7, 11) is 0. The summed E-state index contributed by atoms with van der Waals surface area (Å²) in [5.74, 6) is 1.17. The van der Waals surface area contributed by atoms with Crippen molar-refractivity contribution in [1.82, 2.24) is 20.9 Å². The minimum Gasteiger partial charge on any atom is -0.379 e. The molecular weight excluding hydrogens is 390 g/mol. The van der Waals surface area contributed by atoms with Gasteiger partial charge in [-0.05, 0) is 37.5 Å². The average Bonchev–Trinajstić information content (AvgIpc) is 3.57. The second kappa shape index (κ2) is 11.4. The van der Waals surface area contributed by atoms with Crippen molar-refractivity contribution < 1.29 is 9.53 Å². The summed E-state index contributed by atoms with van der Waals surface area (Å²) in [4.78, 5) is 19.0. The zero-order valence-corrected chi connectivity index (χ0v) is 17.9. The van der Waals surface area contributed by atoms with Crippen LogP contribution in [0.4, 0.5) is 0 Å². The van der Waals surface area contributed by atoms with Crippen LogP contribution in [-0.2, 0) is 9.53 Å². The Morgan fingerprint density at radius 1 is 1.24 bits per heavy atom. The maximum absolute atomic E-state index is 11.7. The molecule has 2 fully saturated rings. The van der Waals surface area contributed by atoms with E-state index in [9.17, 15) is 4.79 Å². The van der Waals surface area contributed by atoms with Crippen molar-refractivity contribution in [2.75, 3.05) is 52.5 Å². The van der Waals surface area contributed by atoms with E-state index in [2.05, 4.69) is 26.9 Å². The third-order valence-electron chi connectivity index (χ3n) is 5.15. The number of hydrogen-bond donors (Lipinski definition) is 3. The van der Waals surface area contributed by atoms with Crippen LogP contribution in [0.2, 0.25) is 5.02 Å². The number of rotatable bonds is 9. The molecule has 2 aliphatic rings. The number of nitrogens with one attached hydrogen (secondary N) is 3. The van der Waals surface area contributed by atoms with Gasteiger partial charge >= 0.3 is 0 Å². The van der Waals surface area contributed by atoms with Crippen LogP contribution in [0.5, 0.6) is 0 Å². The molecule has 160 valence electrons.